The quantitative estimate of drug-likeness (QED) is 0.739. The molecule has 0 fully saturated rings. The summed E-state index contributed by atoms with van der Waals surface area (Å²) < 4.78 is 11.3. The molecule has 0 spiro atoms. The van der Waals surface area contributed by atoms with Crippen LogP contribution in [0.15, 0.2) is 54.6 Å². The zero-order valence-corrected chi connectivity index (χ0v) is 14.2. The predicted octanol–water partition coefficient (Wildman–Crippen LogP) is 4.25. The third kappa shape index (κ3) is 5.15. The Bertz CT molecular complexity index is 647. The van der Waals surface area contributed by atoms with E-state index in [-0.39, 0.29) is 0 Å². The first-order valence-electron chi connectivity index (χ1n) is 7.79. The summed E-state index contributed by atoms with van der Waals surface area (Å²) in [6, 6.07) is 14.5. The summed E-state index contributed by atoms with van der Waals surface area (Å²) in [6.45, 7) is 9.95. The highest BCUT2D eigenvalue weighted by Crippen LogP contribution is 2.31. The molecule has 0 radical (unpaired) electrons. The van der Waals surface area contributed by atoms with Gasteiger partial charge in [0.05, 0.1) is 7.11 Å². The van der Waals surface area contributed by atoms with Crippen LogP contribution in [0.25, 0.3) is 0 Å². The Kier molecular flexibility index (Phi) is 6.24. The van der Waals surface area contributed by atoms with Crippen LogP contribution < -0.4 is 14.8 Å². The minimum atomic E-state index is 0.491. The summed E-state index contributed by atoms with van der Waals surface area (Å²) in [5.41, 5.74) is 4.60. The Labute approximate surface area is 138 Å². The number of rotatable bonds is 8. The maximum Gasteiger partial charge on any atom is 0.166 e. The number of benzene rings is 2. The van der Waals surface area contributed by atoms with E-state index in [1.165, 1.54) is 11.1 Å². The van der Waals surface area contributed by atoms with Crippen LogP contribution in [0.1, 0.15) is 23.6 Å². The van der Waals surface area contributed by atoms with Gasteiger partial charge in [0.25, 0.3) is 0 Å². The maximum atomic E-state index is 5.87. The Morgan fingerprint density at radius 3 is 2.48 bits per heavy atom. The van der Waals surface area contributed by atoms with E-state index in [2.05, 4.69) is 49.2 Å². The largest absolute Gasteiger partial charge is 0.493 e. The minimum Gasteiger partial charge on any atom is -0.493 e. The summed E-state index contributed by atoms with van der Waals surface area (Å²) in [5.74, 6) is 1.54. The van der Waals surface area contributed by atoms with Crippen LogP contribution in [0, 0.1) is 6.92 Å². The van der Waals surface area contributed by atoms with Crippen LogP contribution in [0.3, 0.4) is 0 Å². The Balaban J connectivity index is 2.03. The zero-order chi connectivity index (χ0) is 16.7. The van der Waals surface area contributed by atoms with Crippen molar-refractivity contribution in [3.63, 3.8) is 0 Å². The highest BCUT2D eigenvalue weighted by Gasteiger charge is 2.10. The van der Waals surface area contributed by atoms with Crippen LogP contribution >= 0.6 is 0 Å². The predicted molar refractivity (Wildman–Crippen MR) is 95.0 cm³/mol. The van der Waals surface area contributed by atoms with E-state index in [1.807, 2.05) is 19.1 Å². The summed E-state index contributed by atoms with van der Waals surface area (Å²) in [5, 5.41) is 3.46. The van der Waals surface area contributed by atoms with E-state index in [4.69, 9.17) is 9.47 Å². The average molecular weight is 311 g/mol. The van der Waals surface area contributed by atoms with Gasteiger partial charge in [-0.2, -0.15) is 0 Å². The average Bonchev–Trinajstić information content (AvgIpc) is 2.55. The molecule has 0 aliphatic heterocycles. The van der Waals surface area contributed by atoms with Crippen molar-refractivity contribution in [2.24, 2.45) is 0 Å². The summed E-state index contributed by atoms with van der Waals surface area (Å²) in [6.07, 6.45) is 0. The van der Waals surface area contributed by atoms with Gasteiger partial charge in [-0.15, -0.1) is 0 Å². The number of hydrogen-bond donors (Lipinski definition) is 1. The monoisotopic (exact) mass is 311 g/mol. The molecule has 0 atom stereocenters. The van der Waals surface area contributed by atoms with E-state index >= 15 is 0 Å². The van der Waals surface area contributed by atoms with Crippen molar-refractivity contribution in [1.82, 2.24) is 5.32 Å². The van der Waals surface area contributed by atoms with Crippen LogP contribution in [-0.4, -0.2) is 13.7 Å². The van der Waals surface area contributed by atoms with Crippen molar-refractivity contribution in [3.8, 4) is 11.5 Å². The normalized spacial score (nSPS) is 10.4. The molecule has 3 heteroatoms. The van der Waals surface area contributed by atoms with E-state index in [0.717, 1.165) is 35.7 Å². The van der Waals surface area contributed by atoms with Gasteiger partial charge in [0.1, 0.15) is 6.61 Å². The van der Waals surface area contributed by atoms with Crippen LogP contribution in [0.4, 0.5) is 0 Å². The first kappa shape index (κ1) is 17.1. The first-order valence-corrected chi connectivity index (χ1v) is 7.79. The second-order valence-corrected chi connectivity index (χ2v) is 5.78. The lowest BCUT2D eigenvalue weighted by Crippen LogP contribution is -2.14. The third-order valence-corrected chi connectivity index (χ3v) is 3.51. The maximum absolute atomic E-state index is 5.87. The molecule has 1 N–H and O–H groups in total. The smallest absolute Gasteiger partial charge is 0.166 e. The minimum absolute atomic E-state index is 0.491. The standard InChI is InChI=1S/C20H25NO2/c1-15(2)14-23-20-18(6-5-7-19(20)22-4)13-21-12-17-10-8-16(3)9-11-17/h5-11,21H,1,12-14H2,2-4H3. The van der Waals surface area contributed by atoms with Crippen molar-refractivity contribution in [1.29, 1.82) is 0 Å². The molecule has 2 rings (SSSR count). The molecular weight excluding hydrogens is 286 g/mol. The van der Waals surface area contributed by atoms with Crippen molar-refractivity contribution in [2.75, 3.05) is 13.7 Å². The molecule has 0 saturated heterocycles. The van der Waals surface area contributed by atoms with Crippen molar-refractivity contribution >= 4 is 0 Å². The Morgan fingerprint density at radius 1 is 1.09 bits per heavy atom. The lowest BCUT2D eigenvalue weighted by atomic mass is 10.1. The van der Waals surface area contributed by atoms with Crippen LogP contribution in [0.5, 0.6) is 11.5 Å². The third-order valence-electron chi connectivity index (χ3n) is 3.51. The van der Waals surface area contributed by atoms with Gasteiger partial charge >= 0.3 is 0 Å². The van der Waals surface area contributed by atoms with Gasteiger partial charge in [0.2, 0.25) is 0 Å². The van der Waals surface area contributed by atoms with Crippen molar-refractivity contribution in [2.45, 2.75) is 26.9 Å². The molecule has 0 aliphatic rings. The number of hydrogen-bond acceptors (Lipinski definition) is 3. The number of methoxy groups -OCH3 is 1. The molecule has 2 aromatic rings. The van der Waals surface area contributed by atoms with Gasteiger partial charge in [0.15, 0.2) is 11.5 Å². The molecule has 2 aromatic carbocycles. The summed E-state index contributed by atoms with van der Waals surface area (Å²) >= 11 is 0. The van der Waals surface area contributed by atoms with E-state index in [1.54, 1.807) is 7.11 Å². The molecular formula is C20H25NO2. The molecule has 3 nitrogen and oxygen atoms in total. The number of aryl methyl sites for hydroxylation is 1. The van der Waals surface area contributed by atoms with E-state index in [0.29, 0.717) is 6.61 Å². The fraction of sp³-hybridized carbons (Fsp3) is 0.300. The second-order valence-electron chi connectivity index (χ2n) is 5.78. The molecule has 122 valence electrons. The second kappa shape index (κ2) is 8.39. The molecule has 0 saturated carbocycles. The topological polar surface area (TPSA) is 30.5 Å². The number of ether oxygens (including phenoxy) is 2. The molecule has 0 amide bonds. The van der Waals surface area contributed by atoms with Gasteiger partial charge in [-0.1, -0.05) is 48.5 Å². The van der Waals surface area contributed by atoms with Gasteiger partial charge < -0.3 is 14.8 Å². The van der Waals surface area contributed by atoms with Gasteiger partial charge in [-0.25, -0.2) is 0 Å². The van der Waals surface area contributed by atoms with Gasteiger partial charge in [-0.3, -0.25) is 0 Å². The summed E-state index contributed by atoms with van der Waals surface area (Å²) in [7, 11) is 1.66. The highest BCUT2D eigenvalue weighted by atomic mass is 16.5. The Morgan fingerprint density at radius 2 is 1.83 bits per heavy atom. The molecule has 0 unspecified atom stereocenters. The van der Waals surface area contributed by atoms with Gasteiger partial charge in [0, 0.05) is 18.7 Å². The molecule has 0 aromatic heterocycles. The van der Waals surface area contributed by atoms with E-state index < -0.39 is 0 Å². The Hall–Kier alpha value is -2.26. The van der Waals surface area contributed by atoms with Crippen molar-refractivity contribution in [3.05, 3.63) is 71.3 Å². The molecule has 23 heavy (non-hydrogen) atoms. The first-order chi connectivity index (χ1) is 11.1. The highest BCUT2D eigenvalue weighted by molar-refractivity contribution is 5.46. The van der Waals surface area contributed by atoms with Crippen LogP contribution in [-0.2, 0) is 13.1 Å². The van der Waals surface area contributed by atoms with E-state index in [9.17, 15) is 0 Å². The lowest BCUT2D eigenvalue weighted by Gasteiger charge is -2.15. The number of para-hydroxylation sites is 1. The fourth-order valence-corrected chi connectivity index (χ4v) is 2.27. The molecule has 0 bridgehead atoms. The van der Waals surface area contributed by atoms with Crippen LogP contribution in [0.2, 0.25) is 0 Å². The molecule has 0 aliphatic carbocycles. The molecule has 0 heterocycles. The summed E-state index contributed by atoms with van der Waals surface area (Å²) in [4.78, 5) is 0. The zero-order valence-electron chi connectivity index (χ0n) is 14.2. The van der Waals surface area contributed by atoms with Gasteiger partial charge in [-0.05, 0) is 31.1 Å². The van der Waals surface area contributed by atoms with Crippen molar-refractivity contribution < 1.29 is 9.47 Å². The lowest BCUT2D eigenvalue weighted by molar-refractivity contribution is 0.315. The number of nitrogens with one attached hydrogen (secondary N) is 1. The SMILES string of the molecule is C=C(C)COc1c(CNCc2ccc(C)cc2)cccc1OC. The fourth-order valence-electron chi connectivity index (χ4n) is 2.27.